The van der Waals surface area contributed by atoms with E-state index < -0.39 is 11.9 Å². The van der Waals surface area contributed by atoms with Gasteiger partial charge in [-0.3, -0.25) is 9.59 Å². The number of hydrogen-bond acceptors (Lipinski definition) is 4. The minimum atomic E-state index is -0.807. The Hall–Kier alpha value is -2.41. The predicted octanol–water partition coefficient (Wildman–Crippen LogP) is 2.91. The van der Waals surface area contributed by atoms with Gasteiger partial charge in [-0.15, -0.1) is 0 Å². The summed E-state index contributed by atoms with van der Waals surface area (Å²) in [7, 11) is 0. The van der Waals surface area contributed by atoms with Crippen LogP contribution in [0.3, 0.4) is 0 Å². The molecule has 4 heteroatoms. The van der Waals surface area contributed by atoms with Crippen LogP contribution in [-0.2, 0) is 9.53 Å². The Morgan fingerprint density at radius 3 is 2.60 bits per heavy atom. The van der Waals surface area contributed by atoms with Gasteiger partial charge in [-0.25, -0.2) is 0 Å². The van der Waals surface area contributed by atoms with Gasteiger partial charge in [0.2, 0.25) is 0 Å². The van der Waals surface area contributed by atoms with Crippen molar-refractivity contribution in [3.05, 3.63) is 48.0 Å². The number of ether oxygens (including phenoxy) is 1. The molecule has 0 fully saturated rings. The second-order valence-corrected chi connectivity index (χ2v) is 4.13. The molecule has 0 saturated carbocycles. The Kier molecular flexibility index (Phi) is 6.77. The molecule has 20 heavy (non-hydrogen) atoms. The molecule has 1 aromatic rings. The number of benzene rings is 1. The molecule has 0 amide bonds. The molecule has 0 aliphatic heterocycles. The van der Waals surface area contributed by atoms with E-state index in [9.17, 15) is 9.59 Å². The Morgan fingerprint density at radius 2 is 2.00 bits per heavy atom. The number of nitriles is 1. The molecule has 0 heterocycles. The molecular weight excluding hydrogens is 254 g/mol. The highest BCUT2D eigenvalue weighted by Crippen LogP contribution is 2.08. The van der Waals surface area contributed by atoms with Gasteiger partial charge in [-0.2, -0.15) is 5.26 Å². The highest BCUT2D eigenvalue weighted by Gasteiger charge is 2.17. The molecule has 0 radical (unpaired) electrons. The van der Waals surface area contributed by atoms with Crippen LogP contribution in [0.2, 0.25) is 0 Å². The van der Waals surface area contributed by atoms with Gasteiger partial charge < -0.3 is 4.74 Å². The molecule has 1 unspecified atom stereocenters. The third kappa shape index (κ3) is 5.07. The second kappa shape index (κ2) is 8.65. The number of rotatable bonds is 7. The number of carbonyl (C=O) groups excluding carboxylic acids is 2. The molecule has 104 valence electrons. The fourth-order valence-electron chi connectivity index (χ4n) is 1.61. The van der Waals surface area contributed by atoms with Crippen LogP contribution in [0.4, 0.5) is 0 Å². The lowest BCUT2D eigenvalue weighted by atomic mass is 10.1. The maximum atomic E-state index is 11.8. The Labute approximate surface area is 118 Å². The van der Waals surface area contributed by atoms with Crippen molar-refractivity contribution in [3.8, 4) is 6.07 Å². The summed E-state index contributed by atoms with van der Waals surface area (Å²) in [6.07, 6.45) is 3.87. The van der Waals surface area contributed by atoms with Gasteiger partial charge in [0, 0.05) is 12.0 Å². The number of hydrogen-bond donors (Lipinski definition) is 0. The maximum Gasteiger partial charge on any atom is 0.323 e. The third-order valence-electron chi connectivity index (χ3n) is 2.66. The summed E-state index contributed by atoms with van der Waals surface area (Å²) in [6, 6.07) is 10.9. The van der Waals surface area contributed by atoms with Crippen LogP contribution < -0.4 is 0 Å². The summed E-state index contributed by atoms with van der Waals surface area (Å²) in [6.45, 7) is 1.95. The monoisotopic (exact) mass is 271 g/mol. The molecule has 1 rings (SSSR count). The first-order valence-electron chi connectivity index (χ1n) is 6.48. The second-order valence-electron chi connectivity index (χ2n) is 4.13. The average Bonchev–Trinajstić information content (AvgIpc) is 2.48. The van der Waals surface area contributed by atoms with E-state index in [4.69, 9.17) is 10.00 Å². The molecule has 4 nitrogen and oxygen atoms in total. The molecular formula is C16H17NO3. The van der Waals surface area contributed by atoms with Crippen LogP contribution in [0.5, 0.6) is 0 Å². The number of carbonyl (C=O) groups is 2. The smallest absolute Gasteiger partial charge is 0.323 e. The van der Waals surface area contributed by atoms with E-state index >= 15 is 0 Å². The molecule has 0 aliphatic rings. The van der Waals surface area contributed by atoms with Crippen molar-refractivity contribution in [1.82, 2.24) is 0 Å². The fourth-order valence-corrected chi connectivity index (χ4v) is 1.61. The van der Waals surface area contributed by atoms with Crippen LogP contribution in [0.25, 0.3) is 0 Å². The van der Waals surface area contributed by atoms with E-state index in [1.165, 1.54) is 0 Å². The van der Waals surface area contributed by atoms with Crippen molar-refractivity contribution in [1.29, 1.82) is 5.26 Å². The summed E-state index contributed by atoms with van der Waals surface area (Å²) in [4.78, 5) is 23.2. The van der Waals surface area contributed by atoms with Crippen LogP contribution in [0.1, 0.15) is 30.1 Å². The zero-order valence-corrected chi connectivity index (χ0v) is 11.4. The van der Waals surface area contributed by atoms with E-state index in [-0.39, 0.29) is 25.2 Å². The van der Waals surface area contributed by atoms with Crippen LogP contribution in [-0.4, -0.2) is 18.4 Å². The standard InChI is InChI=1S/C16H17NO3/c1-2-20-16(19)14(12-17)10-6-7-11-15(18)13-8-4-3-5-9-13/h3-9,14H,2,10-11H2,1H3/b7-6+. The van der Waals surface area contributed by atoms with Gasteiger partial charge in [0.1, 0.15) is 5.92 Å². The van der Waals surface area contributed by atoms with E-state index in [0.29, 0.717) is 5.56 Å². The van der Waals surface area contributed by atoms with Crippen molar-refractivity contribution in [3.63, 3.8) is 0 Å². The number of nitrogens with zero attached hydrogens (tertiary/aromatic N) is 1. The normalized spacial score (nSPS) is 11.8. The van der Waals surface area contributed by atoms with Crippen molar-refractivity contribution in [2.45, 2.75) is 19.8 Å². The van der Waals surface area contributed by atoms with Crippen LogP contribution in [0.15, 0.2) is 42.5 Å². The predicted molar refractivity (Wildman–Crippen MR) is 74.9 cm³/mol. The summed E-state index contributed by atoms with van der Waals surface area (Å²) >= 11 is 0. The Balaban J connectivity index is 2.44. The number of allylic oxidation sites excluding steroid dienone is 2. The minimum absolute atomic E-state index is 0.00601. The van der Waals surface area contributed by atoms with Crippen molar-refractivity contribution >= 4 is 11.8 Å². The van der Waals surface area contributed by atoms with E-state index in [1.54, 1.807) is 31.2 Å². The van der Waals surface area contributed by atoms with Crippen molar-refractivity contribution < 1.29 is 14.3 Å². The molecule has 0 N–H and O–H groups in total. The minimum Gasteiger partial charge on any atom is -0.465 e. The van der Waals surface area contributed by atoms with Gasteiger partial charge in [-0.1, -0.05) is 42.5 Å². The SMILES string of the molecule is CCOC(=O)C(C#N)C/C=C/CC(=O)c1ccccc1. The summed E-state index contributed by atoms with van der Waals surface area (Å²) in [5.74, 6) is -1.32. The van der Waals surface area contributed by atoms with E-state index in [2.05, 4.69) is 0 Å². The topological polar surface area (TPSA) is 67.2 Å². The lowest BCUT2D eigenvalue weighted by molar-refractivity contribution is -0.145. The lowest BCUT2D eigenvalue weighted by Gasteiger charge is -2.04. The molecule has 0 bridgehead atoms. The summed E-state index contributed by atoms with van der Waals surface area (Å²) < 4.78 is 4.78. The highest BCUT2D eigenvalue weighted by molar-refractivity contribution is 5.96. The highest BCUT2D eigenvalue weighted by atomic mass is 16.5. The maximum absolute atomic E-state index is 11.8. The van der Waals surface area contributed by atoms with Crippen molar-refractivity contribution in [2.24, 2.45) is 5.92 Å². The zero-order chi connectivity index (χ0) is 14.8. The number of ketones is 1. The van der Waals surface area contributed by atoms with E-state index in [0.717, 1.165) is 0 Å². The van der Waals surface area contributed by atoms with Gasteiger partial charge in [0.15, 0.2) is 5.78 Å². The first-order valence-corrected chi connectivity index (χ1v) is 6.48. The number of Topliss-reactive ketones (excluding diaryl/α,β-unsaturated/α-hetero) is 1. The zero-order valence-electron chi connectivity index (χ0n) is 11.4. The Morgan fingerprint density at radius 1 is 1.30 bits per heavy atom. The first-order chi connectivity index (χ1) is 9.69. The van der Waals surface area contributed by atoms with Gasteiger partial charge >= 0.3 is 5.97 Å². The van der Waals surface area contributed by atoms with E-state index in [1.807, 2.05) is 24.3 Å². The quantitative estimate of drug-likeness (QED) is 0.434. The lowest BCUT2D eigenvalue weighted by Crippen LogP contribution is -2.15. The van der Waals surface area contributed by atoms with Gasteiger partial charge in [0.25, 0.3) is 0 Å². The molecule has 0 saturated heterocycles. The van der Waals surface area contributed by atoms with Crippen molar-refractivity contribution in [2.75, 3.05) is 6.61 Å². The van der Waals surface area contributed by atoms with Crippen LogP contribution >= 0.6 is 0 Å². The molecule has 1 atom stereocenters. The third-order valence-corrected chi connectivity index (χ3v) is 2.66. The largest absolute Gasteiger partial charge is 0.465 e. The average molecular weight is 271 g/mol. The molecule has 0 aliphatic carbocycles. The molecule has 0 aromatic heterocycles. The molecule has 1 aromatic carbocycles. The fraction of sp³-hybridized carbons (Fsp3) is 0.312. The van der Waals surface area contributed by atoms with Crippen LogP contribution in [0, 0.1) is 17.2 Å². The summed E-state index contributed by atoms with van der Waals surface area (Å²) in [5, 5.41) is 8.86. The Bertz CT molecular complexity index is 514. The molecule has 0 spiro atoms. The van der Waals surface area contributed by atoms with Gasteiger partial charge in [-0.05, 0) is 13.3 Å². The first kappa shape index (κ1) is 15.6. The number of esters is 1. The van der Waals surface area contributed by atoms with Gasteiger partial charge in [0.05, 0.1) is 12.7 Å². The summed E-state index contributed by atoms with van der Waals surface area (Å²) in [5.41, 5.74) is 0.652.